The summed E-state index contributed by atoms with van der Waals surface area (Å²) in [5.74, 6) is 1.67. The predicted molar refractivity (Wildman–Crippen MR) is 57.1 cm³/mol. The molecule has 0 aromatic rings. The normalized spacial score (nSPS) is 37.4. The average Bonchev–Trinajstić information content (AvgIpc) is 2.48. The maximum absolute atomic E-state index is 5.56. The van der Waals surface area contributed by atoms with Gasteiger partial charge in [-0.15, -0.1) is 0 Å². The zero-order chi connectivity index (χ0) is 10.2. The topological polar surface area (TPSA) is 47.6 Å². The van der Waals surface area contributed by atoms with Gasteiger partial charge in [-0.05, 0) is 37.5 Å². The summed E-state index contributed by atoms with van der Waals surface area (Å²) < 4.78 is 5.27. The van der Waals surface area contributed by atoms with Crippen LogP contribution in [0.1, 0.15) is 39.5 Å². The third kappa shape index (κ3) is 1.72. The van der Waals surface area contributed by atoms with Crippen molar-refractivity contribution in [1.29, 1.82) is 0 Å². The molecule has 2 rings (SSSR count). The Kier molecular flexibility index (Phi) is 2.41. The molecule has 0 amide bonds. The fourth-order valence-electron chi connectivity index (χ4n) is 2.61. The third-order valence-corrected chi connectivity index (χ3v) is 3.74. The first-order valence-electron chi connectivity index (χ1n) is 5.59. The van der Waals surface area contributed by atoms with Crippen molar-refractivity contribution < 1.29 is 4.74 Å². The summed E-state index contributed by atoms with van der Waals surface area (Å²) in [6.07, 6.45) is 4.85. The maximum Gasteiger partial charge on any atom is 0.282 e. The summed E-state index contributed by atoms with van der Waals surface area (Å²) in [4.78, 5) is 4.45. The largest absolute Gasteiger partial charge is 0.463 e. The van der Waals surface area contributed by atoms with Crippen molar-refractivity contribution in [2.45, 2.75) is 45.1 Å². The molecular weight excluding hydrogens is 176 g/mol. The standard InChI is InChI=1S/C11H20N2O/c1-8(2)9-3-5-11(6-4-9)7-14-10(12)13-11/h8-9H,3-7H2,1-2H3,(H2,12,13). The predicted octanol–water partition coefficient (Wildman–Crippen LogP) is 1.92. The van der Waals surface area contributed by atoms with Crippen LogP contribution < -0.4 is 5.73 Å². The van der Waals surface area contributed by atoms with Crippen LogP contribution in [0.25, 0.3) is 0 Å². The summed E-state index contributed by atoms with van der Waals surface area (Å²) in [6, 6.07) is 0.396. The van der Waals surface area contributed by atoms with Gasteiger partial charge in [0.2, 0.25) is 0 Å². The van der Waals surface area contributed by atoms with E-state index in [1.165, 1.54) is 12.8 Å². The number of nitrogens with zero attached hydrogens (tertiary/aromatic N) is 1. The molecule has 0 aromatic carbocycles. The van der Waals surface area contributed by atoms with Crippen LogP contribution in [0.4, 0.5) is 0 Å². The van der Waals surface area contributed by atoms with Crippen molar-refractivity contribution in [2.75, 3.05) is 6.61 Å². The summed E-state index contributed by atoms with van der Waals surface area (Å²) in [5, 5.41) is 0. The zero-order valence-corrected chi connectivity index (χ0v) is 9.12. The van der Waals surface area contributed by atoms with E-state index in [0.717, 1.165) is 24.7 Å². The number of rotatable bonds is 1. The van der Waals surface area contributed by atoms with Gasteiger partial charge >= 0.3 is 0 Å². The lowest BCUT2D eigenvalue weighted by atomic mass is 9.73. The molecule has 1 spiro atoms. The van der Waals surface area contributed by atoms with Gasteiger partial charge in [-0.2, -0.15) is 0 Å². The van der Waals surface area contributed by atoms with Crippen LogP contribution in [0.5, 0.6) is 0 Å². The second-order valence-electron chi connectivity index (χ2n) is 5.04. The summed E-state index contributed by atoms with van der Waals surface area (Å²) >= 11 is 0. The Morgan fingerprint density at radius 3 is 2.50 bits per heavy atom. The van der Waals surface area contributed by atoms with Gasteiger partial charge in [0.25, 0.3) is 6.02 Å². The maximum atomic E-state index is 5.56. The molecule has 2 aliphatic rings. The highest BCUT2D eigenvalue weighted by atomic mass is 16.5. The third-order valence-electron chi connectivity index (χ3n) is 3.74. The van der Waals surface area contributed by atoms with Gasteiger partial charge in [0.15, 0.2) is 0 Å². The van der Waals surface area contributed by atoms with Gasteiger partial charge in [-0.1, -0.05) is 13.8 Å². The van der Waals surface area contributed by atoms with Crippen LogP contribution in [0, 0.1) is 11.8 Å². The van der Waals surface area contributed by atoms with E-state index in [-0.39, 0.29) is 5.54 Å². The molecule has 1 saturated carbocycles. The van der Waals surface area contributed by atoms with Gasteiger partial charge < -0.3 is 10.5 Å². The fraction of sp³-hybridized carbons (Fsp3) is 0.909. The van der Waals surface area contributed by atoms with Crippen LogP contribution in [-0.2, 0) is 4.74 Å². The minimum atomic E-state index is 0.0511. The molecule has 0 saturated heterocycles. The van der Waals surface area contributed by atoms with Crippen molar-refractivity contribution >= 4 is 6.02 Å². The number of hydrogen-bond donors (Lipinski definition) is 1. The van der Waals surface area contributed by atoms with Crippen LogP contribution >= 0.6 is 0 Å². The lowest BCUT2D eigenvalue weighted by Crippen LogP contribution is -2.34. The highest BCUT2D eigenvalue weighted by Gasteiger charge is 2.40. The van der Waals surface area contributed by atoms with Crippen LogP contribution in [0.3, 0.4) is 0 Å². The number of amidine groups is 1. The van der Waals surface area contributed by atoms with E-state index in [9.17, 15) is 0 Å². The lowest BCUT2D eigenvalue weighted by Gasteiger charge is -2.35. The second-order valence-corrected chi connectivity index (χ2v) is 5.04. The molecule has 1 aliphatic heterocycles. The van der Waals surface area contributed by atoms with Gasteiger partial charge in [0.1, 0.15) is 12.1 Å². The Labute approximate surface area is 85.7 Å². The molecular formula is C11H20N2O. The molecule has 1 aliphatic carbocycles. The SMILES string of the molecule is CC(C)C1CCC2(CC1)COC(N)=N2. The van der Waals surface area contributed by atoms with Gasteiger partial charge in [-0.3, -0.25) is 0 Å². The van der Waals surface area contributed by atoms with Crippen LogP contribution in [0.15, 0.2) is 4.99 Å². The minimum absolute atomic E-state index is 0.0511. The molecule has 0 atom stereocenters. The first kappa shape index (κ1) is 9.81. The molecule has 0 radical (unpaired) electrons. The fourth-order valence-corrected chi connectivity index (χ4v) is 2.61. The van der Waals surface area contributed by atoms with E-state index >= 15 is 0 Å². The lowest BCUT2D eigenvalue weighted by molar-refractivity contribution is 0.157. The number of aliphatic imine (C=N–C) groups is 1. The molecule has 1 fully saturated rings. The number of nitrogens with two attached hydrogens (primary N) is 1. The van der Waals surface area contributed by atoms with E-state index in [2.05, 4.69) is 18.8 Å². The van der Waals surface area contributed by atoms with Gasteiger partial charge in [0, 0.05) is 0 Å². The molecule has 14 heavy (non-hydrogen) atoms. The first-order valence-corrected chi connectivity index (χ1v) is 5.59. The summed E-state index contributed by atoms with van der Waals surface area (Å²) in [5.41, 5.74) is 5.61. The smallest absolute Gasteiger partial charge is 0.282 e. The van der Waals surface area contributed by atoms with Crippen LogP contribution in [0.2, 0.25) is 0 Å². The highest BCUT2D eigenvalue weighted by Crippen LogP contribution is 2.39. The van der Waals surface area contributed by atoms with Gasteiger partial charge in [0.05, 0.1) is 0 Å². The van der Waals surface area contributed by atoms with E-state index in [4.69, 9.17) is 10.5 Å². The van der Waals surface area contributed by atoms with E-state index < -0.39 is 0 Å². The Bertz CT molecular complexity index is 240. The molecule has 0 bridgehead atoms. The molecule has 0 unspecified atom stereocenters. The number of ether oxygens (including phenoxy) is 1. The van der Waals surface area contributed by atoms with Crippen molar-refractivity contribution in [2.24, 2.45) is 22.6 Å². The minimum Gasteiger partial charge on any atom is -0.463 e. The average molecular weight is 196 g/mol. The molecule has 3 nitrogen and oxygen atoms in total. The Morgan fingerprint density at radius 1 is 1.43 bits per heavy atom. The zero-order valence-electron chi connectivity index (χ0n) is 9.12. The monoisotopic (exact) mass is 196 g/mol. The first-order chi connectivity index (χ1) is 6.61. The molecule has 2 N–H and O–H groups in total. The Morgan fingerprint density at radius 2 is 2.07 bits per heavy atom. The highest BCUT2D eigenvalue weighted by molar-refractivity contribution is 5.73. The number of hydrogen-bond acceptors (Lipinski definition) is 3. The van der Waals surface area contributed by atoms with E-state index in [1.807, 2.05) is 0 Å². The van der Waals surface area contributed by atoms with E-state index in [1.54, 1.807) is 0 Å². The summed E-state index contributed by atoms with van der Waals surface area (Å²) in [6.45, 7) is 5.33. The Balaban J connectivity index is 1.96. The quantitative estimate of drug-likeness (QED) is 0.696. The van der Waals surface area contributed by atoms with Crippen molar-refractivity contribution in [1.82, 2.24) is 0 Å². The van der Waals surface area contributed by atoms with Crippen molar-refractivity contribution in [3.63, 3.8) is 0 Å². The molecule has 3 heteroatoms. The second kappa shape index (κ2) is 3.44. The molecule has 1 heterocycles. The molecule has 0 aromatic heterocycles. The van der Waals surface area contributed by atoms with Crippen LogP contribution in [-0.4, -0.2) is 18.2 Å². The van der Waals surface area contributed by atoms with Crippen molar-refractivity contribution in [3.05, 3.63) is 0 Å². The Hall–Kier alpha value is -0.730. The van der Waals surface area contributed by atoms with Crippen molar-refractivity contribution in [3.8, 4) is 0 Å². The van der Waals surface area contributed by atoms with E-state index in [0.29, 0.717) is 12.6 Å². The summed E-state index contributed by atoms with van der Waals surface area (Å²) in [7, 11) is 0. The van der Waals surface area contributed by atoms with Gasteiger partial charge in [-0.25, -0.2) is 4.99 Å². The molecule has 80 valence electrons.